The Bertz CT molecular complexity index is 1350. The molecule has 0 saturated carbocycles. The summed E-state index contributed by atoms with van der Waals surface area (Å²) in [4.78, 5) is 27.1. The van der Waals surface area contributed by atoms with Gasteiger partial charge >= 0.3 is 5.97 Å². The first-order chi connectivity index (χ1) is 17.2. The monoisotopic (exact) mass is 551 g/mol. The van der Waals surface area contributed by atoms with Crippen molar-refractivity contribution in [2.45, 2.75) is 4.90 Å². The zero-order chi connectivity index (χ0) is 25.9. The van der Waals surface area contributed by atoms with Crippen LogP contribution in [0.25, 0.3) is 11.1 Å². The van der Waals surface area contributed by atoms with Crippen LogP contribution in [0, 0.1) is 5.82 Å². The van der Waals surface area contributed by atoms with Gasteiger partial charge in [-0.25, -0.2) is 17.6 Å². The van der Waals surface area contributed by atoms with Gasteiger partial charge in [-0.15, -0.1) is 11.3 Å². The number of ether oxygens (including phenoxy) is 1. The quantitative estimate of drug-likeness (QED) is 0.447. The van der Waals surface area contributed by atoms with Crippen LogP contribution in [0.3, 0.4) is 0 Å². The minimum Gasteiger partial charge on any atom is -0.465 e. The van der Waals surface area contributed by atoms with Gasteiger partial charge in [0.1, 0.15) is 16.4 Å². The summed E-state index contributed by atoms with van der Waals surface area (Å²) in [7, 11) is -2.47. The fraction of sp³-hybridized carbons (Fsp3) is 0.250. The molecule has 3 aromatic rings. The molecule has 1 aromatic heterocycles. The van der Waals surface area contributed by atoms with E-state index in [0.29, 0.717) is 28.7 Å². The van der Waals surface area contributed by atoms with Gasteiger partial charge in [-0.2, -0.15) is 4.31 Å². The van der Waals surface area contributed by atoms with Crippen molar-refractivity contribution in [3.05, 3.63) is 70.3 Å². The average Bonchev–Trinajstić information content (AvgIpc) is 3.27. The number of nitrogens with zero attached hydrogens (tertiary/aromatic N) is 2. The zero-order valence-corrected chi connectivity index (χ0v) is 21.6. The molecule has 0 bridgehead atoms. The molecule has 1 N–H and O–H groups in total. The second-order valence-electron chi connectivity index (χ2n) is 8.03. The van der Waals surface area contributed by atoms with Gasteiger partial charge in [0.2, 0.25) is 15.9 Å². The lowest BCUT2D eigenvalue weighted by atomic mass is 10.0. The lowest BCUT2D eigenvalue weighted by Crippen LogP contribution is -2.50. The van der Waals surface area contributed by atoms with Crippen LogP contribution in [-0.4, -0.2) is 69.3 Å². The Morgan fingerprint density at radius 2 is 1.69 bits per heavy atom. The van der Waals surface area contributed by atoms with Gasteiger partial charge < -0.3 is 10.1 Å². The number of hydrogen-bond acceptors (Lipinski definition) is 7. The van der Waals surface area contributed by atoms with Crippen molar-refractivity contribution in [1.82, 2.24) is 9.21 Å². The van der Waals surface area contributed by atoms with Gasteiger partial charge in [-0.1, -0.05) is 23.7 Å². The number of nitrogens with one attached hydrogen (secondary N) is 1. The molecule has 190 valence electrons. The second kappa shape index (κ2) is 11.1. The van der Waals surface area contributed by atoms with Crippen molar-refractivity contribution in [3.63, 3.8) is 0 Å². The molecule has 12 heteroatoms. The Kier molecular flexibility index (Phi) is 8.06. The number of benzene rings is 2. The molecule has 1 fully saturated rings. The molecule has 2 aromatic carbocycles. The molecular weight excluding hydrogens is 529 g/mol. The molecule has 0 spiro atoms. The molecule has 4 rings (SSSR count). The fourth-order valence-corrected chi connectivity index (χ4v) is 6.37. The van der Waals surface area contributed by atoms with Gasteiger partial charge in [0.05, 0.1) is 18.6 Å². The fourth-order valence-electron chi connectivity index (χ4n) is 3.85. The molecule has 36 heavy (non-hydrogen) atoms. The molecule has 0 radical (unpaired) electrons. The van der Waals surface area contributed by atoms with Crippen LogP contribution in [0.2, 0.25) is 5.02 Å². The highest BCUT2D eigenvalue weighted by Gasteiger charge is 2.29. The molecule has 1 saturated heterocycles. The highest BCUT2D eigenvalue weighted by molar-refractivity contribution is 7.89. The van der Waals surface area contributed by atoms with Gasteiger partial charge in [-0.05, 0) is 42.0 Å². The summed E-state index contributed by atoms with van der Waals surface area (Å²) in [5.41, 5.74) is 1.64. The molecule has 0 aliphatic carbocycles. The van der Waals surface area contributed by atoms with Crippen LogP contribution < -0.4 is 5.32 Å². The van der Waals surface area contributed by atoms with Gasteiger partial charge in [0.15, 0.2) is 0 Å². The Labute approximate surface area is 217 Å². The Morgan fingerprint density at radius 1 is 1.06 bits per heavy atom. The molecule has 1 aliphatic heterocycles. The summed E-state index contributed by atoms with van der Waals surface area (Å²) in [5, 5.41) is 5.49. The van der Waals surface area contributed by atoms with E-state index in [2.05, 4.69) is 5.32 Å². The molecule has 1 amide bonds. The Morgan fingerprint density at radius 3 is 2.31 bits per heavy atom. The first kappa shape index (κ1) is 26.2. The predicted octanol–water partition coefficient (Wildman–Crippen LogP) is 3.94. The van der Waals surface area contributed by atoms with Crippen LogP contribution in [0.4, 0.5) is 9.39 Å². The summed E-state index contributed by atoms with van der Waals surface area (Å²) in [6.07, 6.45) is 0. The largest absolute Gasteiger partial charge is 0.465 e. The maximum Gasteiger partial charge on any atom is 0.341 e. The van der Waals surface area contributed by atoms with E-state index < -0.39 is 21.8 Å². The third-order valence-electron chi connectivity index (χ3n) is 5.74. The van der Waals surface area contributed by atoms with Crippen molar-refractivity contribution in [1.29, 1.82) is 0 Å². The number of anilines is 1. The van der Waals surface area contributed by atoms with E-state index in [9.17, 15) is 22.4 Å². The SMILES string of the molecule is COC(=O)c1c(-c2ccc(Cl)cc2)csc1NC(=O)CN1CCN(S(=O)(=O)c2ccc(F)cc2)CC1. The van der Waals surface area contributed by atoms with E-state index in [-0.39, 0.29) is 36.0 Å². The lowest BCUT2D eigenvalue weighted by molar-refractivity contribution is -0.117. The van der Waals surface area contributed by atoms with Crippen LogP contribution in [0.1, 0.15) is 10.4 Å². The summed E-state index contributed by atoms with van der Waals surface area (Å²) < 4.78 is 45.0. The summed E-state index contributed by atoms with van der Waals surface area (Å²) in [6, 6.07) is 11.7. The van der Waals surface area contributed by atoms with E-state index in [0.717, 1.165) is 17.7 Å². The number of hydrogen-bond donors (Lipinski definition) is 1. The van der Waals surface area contributed by atoms with E-state index in [4.69, 9.17) is 16.3 Å². The van der Waals surface area contributed by atoms with Crippen LogP contribution in [0.5, 0.6) is 0 Å². The molecule has 8 nitrogen and oxygen atoms in total. The maximum atomic E-state index is 13.2. The summed E-state index contributed by atoms with van der Waals surface area (Å²) in [6.45, 7) is 1.11. The molecule has 1 aliphatic rings. The first-order valence-electron chi connectivity index (χ1n) is 10.9. The standard InChI is InChI=1S/C24H23ClFN3O5S2/c1-34-24(31)22-20(16-2-4-17(25)5-3-16)15-35-23(22)27-21(30)14-28-10-12-29(13-11-28)36(32,33)19-8-6-18(26)7-9-19/h2-9,15H,10-14H2,1H3,(H,27,30). The predicted molar refractivity (Wildman–Crippen MR) is 136 cm³/mol. The smallest absolute Gasteiger partial charge is 0.341 e. The Hall–Kier alpha value is -2.83. The number of amides is 1. The summed E-state index contributed by atoms with van der Waals surface area (Å²) in [5.74, 6) is -1.42. The molecule has 2 heterocycles. The lowest BCUT2D eigenvalue weighted by Gasteiger charge is -2.33. The number of piperazine rings is 1. The number of halogens is 2. The zero-order valence-electron chi connectivity index (χ0n) is 19.2. The highest BCUT2D eigenvalue weighted by Crippen LogP contribution is 2.36. The number of methoxy groups -OCH3 is 1. The van der Waals surface area contributed by atoms with Crippen LogP contribution in [0.15, 0.2) is 58.8 Å². The number of carbonyl (C=O) groups is 2. The number of sulfonamides is 1. The second-order valence-corrected chi connectivity index (χ2v) is 11.3. The Balaban J connectivity index is 1.40. The normalized spacial score (nSPS) is 15.0. The topological polar surface area (TPSA) is 96.0 Å². The number of esters is 1. The van der Waals surface area contributed by atoms with Gasteiger partial charge in [0, 0.05) is 42.1 Å². The van der Waals surface area contributed by atoms with Crippen LogP contribution in [-0.2, 0) is 19.6 Å². The van der Waals surface area contributed by atoms with Crippen molar-refractivity contribution in [2.75, 3.05) is 45.2 Å². The van der Waals surface area contributed by atoms with Crippen LogP contribution >= 0.6 is 22.9 Å². The van der Waals surface area contributed by atoms with Gasteiger partial charge in [0.25, 0.3) is 0 Å². The molecule has 0 atom stereocenters. The van der Waals surface area contributed by atoms with E-state index >= 15 is 0 Å². The van der Waals surface area contributed by atoms with Crippen molar-refractivity contribution < 1.29 is 27.1 Å². The third kappa shape index (κ3) is 5.76. The van der Waals surface area contributed by atoms with Gasteiger partial charge in [-0.3, -0.25) is 9.69 Å². The number of carbonyl (C=O) groups excluding carboxylic acids is 2. The summed E-state index contributed by atoms with van der Waals surface area (Å²) >= 11 is 7.18. The van der Waals surface area contributed by atoms with E-state index in [1.807, 2.05) is 4.90 Å². The maximum absolute atomic E-state index is 13.2. The number of rotatable bonds is 7. The number of thiophene rings is 1. The van der Waals surface area contributed by atoms with Crippen molar-refractivity contribution in [3.8, 4) is 11.1 Å². The van der Waals surface area contributed by atoms with E-state index in [1.54, 1.807) is 29.6 Å². The average molecular weight is 552 g/mol. The van der Waals surface area contributed by atoms with Crippen molar-refractivity contribution in [2.24, 2.45) is 0 Å². The first-order valence-corrected chi connectivity index (χ1v) is 13.6. The third-order valence-corrected chi connectivity index (χ3v) is 8.80. The minimum absolute atomic E-state index is 0.0270. The molecule has 0 unspecified atom stereocenters. The minimum atomic E-state index is -3.74. The van der Waals surface area contributed by atoms with E-state index in [1.165, 1.54) is 34.9 Å². The van der Waals surface area contributed by atoms with Crippen molar-refractivity contribution >= 4 is 49.8 Å². The molecular formula is C24H23ClFN3O5S2. The highest BCUT2D eigenvalue weighted by atomic mass is 35.5.